The van der Waals surface area contributed by atoms with Gasteiger partial charge < -0.3 is 5.73 Å². The summed E-state index contributed by atoms with van der Waals surface area (Å²) in [5.74, 6) is 0.439. The Balaban J connectivity index is 2.59. The maximum Gasteiger partial charge on any atom is -0.00109 e. The highest BCUT2D eigenvalue weighted by Gasteiger charge is 2.04. The van der Waals surface area contributed by atoms with Crippen LogP contribution in [0.2, 0.25) is 0 Å². The van der Waals surface area contributed by atoms with Crippen molar-refractivity contribution in [3.05, 3.63) is 47.5 Å². The fraction of sp³-hybridized carbons (Fsp3) is 0.286. The molecule has 2 rings (SSSR count). The van der Waals surface area contributed by atoms with Gasteiger partial charge in [-0.15, -0.1) is 0 Å². The van der Waals surface area contributed by atoms with Crippen molar-refractivity contribution in [2.75, 3.05) is 6.54 Å². The first-order valence-electron chi connectivity index (χ1n) is 5.41. The molecule has 0 spiro atoms. The predicted molar refractivity (Wildman–Crippen MR) is 66.2 cm³/mol. The second-order valence-electron chi connectivity index (χ2n) is 4.19. The molecule has 0 amide bonds. The second-order valence-corrected chi connectivity index (χ2v) is 4.19. The molecule has 1 atom stereocenters. The summed E-state index contributed by atoms with van der Waals surface area (Å²) in [6, 6.07) is 13.0. The summed E-state index contributed by atoms with van der Waals surface area (Å²) < 4.78 is 0. The number of hydrogen-bond donors (Lipinski definition) is 1. The summed E-state index contributed by atoms with van der Waals surface area (Å²) in [6.45, 7) is 5.02. The van der Waals surface area contributed by atoms with Crippen LogP contribution in [0, 0.1) is 6.92 Å². The molecule has 2 aromatic carbocycles. The molecule has 1 unspecified atom stereocenters. The molecule has 0 saturated carbocycles. The van der Waals surface area contributed by atoms with E-state index in [0.717, 1.165) is 0 Å². The van der Waals surface area contributed by atoms with Crippen molar-refractivity contribution in [2.24, 2.45) is 5.73 Å². The van der Waals surface area contributed by atoms with Crippen LogP contribution in [-0.2, 0) is 0 Å². The summed E-state index contributed by atoms with van der Waals surface area (Å²) in [5, 5.41) is 2.65. The third-order valence-corrected chi connectivity index (χ3v) is 3.05. The van der Waals surface area contributed by atoms with Crippen molar-refractivity contribution in [3.8, 4) is 0 Å². The van der Waals surface area contributed by atoms with E-state index in [1.54, 1.807) is 0 Å². The number of benzene rings is 2. The predicted octanol–water partition coefficient (Wildman–Crippen LogP) is 3.21. The van der Waals surface area contributed by atoms with E-state index >= 15 is 0 Å². The van der Waals surface area contributed by atoms with Crippen molar-refractivity contribution in [2.45, 2.75) is 19.8 Å². The molecule has 0 aromatic heterocycles. The normalized spacial score (nSPS) is 13.0. The summed E-state index contributed by atoms with van der Waals surface area (Å²) >= 11 is 0. The van der Waals surface area contributed by atoms with Gasteiger partial charge in [0.25, 0.3) is 0 Å². The van der Waals surface area contributed by atoms with E-state index < -0.39 is 0 Å². The summed E-state index contributed by atoms with van der Waals surface area (Å²) in [4.78, 5) is 0. The number of aryl methyl sites for hydroxylation is 1. The molecule has 1 heteroatoms. The van der Waals surface area contributed by atoms with E-state index in [4.69, 9.17) is 5.73 Å². The molecule has 0 aliphatic carbocycles. The summed E-state index contributed by atoms with van der Waals surface area (Å²) in [5.41, 5.74) is 8.35. The molecule has 0 aliphatic rings. The maximum absolute atomic E-state index is 5.69. The number of fused-ring (bicyclic) bond motifs is 1. The highest BCUT2D eigenvalue weighted by atomic mass is 14.5. The lowest BCUT2D eigenvalue weighted by Crippen LogP contribution is -2.08. The van der Waals surface area contributed by atoms with E-state index in [9.17, 15) is 0 Å². The van der Waals surface area contributed by atoms with Crippen LogP contribution in [-0.4, -0.2) is 6.54 Å². The minimum atomic E-state index is 0.439. The SMILES string of the molecule is Cc1cccc2ccc(C(C)CN)cc12. The fourth-order valence-corrected chi connectivity index (χ4v) is 1.89. The zero-order valence-electron chi connectivity index (χ0n) is 9.33. The first kappa shape index (κ1) is 10.2. The van der Waals surface area contributed by atoms with Gasteiger partial charge in [-0.05, 0) is 41.3 Å². The Labute approximate surface area is 90.9 Å². The minimum Gasteiger partial charge on any atom is -0.330 e. The third-order valence-electron chi connectivity index (χ3n) is 3.05. The van der Waals surface area contributed by atoms with Gasteiger partial charge in [0.05, 0.1) is 0 Å². The first-order valence-corrected chi connectivity index (χ1v) is 5.41. The zero-order valence-corrected chi connectivity index (χ0v) is 9.33. The van der Waals surface area contributed by atoms with Gasteiger partial charge >= 0.3 is 0 Å². The van der Waals surface area contributed by atoms with E-state index in [1.165, 1.54) is 21.9 Å². The van der Waals surface area contributed by atoms with Crippen LogP contribution in [0.25, 0.3) is 10.8 Å². The average Bonchev–Trinajstić information content (AvgIpc) is 2.28. The number of nitrogens with two attached hydrogens (primary N) is 1. The Morgan fingerprint density at radius 3 is 2.73 bits per heavy atom. The Morgan fingerprint density at radius 1 is 1.20 bits per heavy atom. The molecule has 0 aliphatic heterocycles. The van der Waals surface area contributed by atoms with Crippen LogP contribution in [0.15, 0.2) is 36.4 Å². The molecule has 15 heavy (non-hydrogen) atoms. The van der Waals surface area contributed by atoms with E-state index in [0.29, 0.717) is 12.5 Å². The molecule has 0 saturated heterocycles. The van der Waals surface area contributed by atoms with Gasteiger partial charge in [-0.3, -0.25) is 0 Å². The van der Waals surface area contributed by atoms with Crippen molar-refractivity contribution >= 4 is 10.8 Å². The molecule has 0 bridgehead atoms. The largest absolute Gasteiger partial charge is 0.330 e. The highest BCUT2D eigenvalue weighted by Crippen LogP contribution is 2.23. The van der Waals surface area contributed by atoms with Gasteiger partial charge in [-0.1, -0.05) is 43.3 Å². The van der Waals surface area contributed by atoms with Crippen LogP contribution in [0.3, 0.4) is 0 Å². The maximum atomic E-state index is 5.69. The summed E-state index contributed by atoms with van der Waals surface area (Å²) in [7, 11) is 0. The molecule has 1 nitrogen and oxygen atoms in total. The van der Waals surface area contributed by atoms with Crippen molar-refractivity contribution in [3.63, 3.8) is 0 Å². The van der Waals surface area contributed by atoms with Gasteiger partial charge in [0.15, 0.2) is 0 Å². The standard InChI is InChI=1S/C14H17N/c1-10-4-3-5-12-6-7-13(8-14(10)12)11(2)9-15/h3-8,11H,9,15H2,1-2H3. The van der Waals surface area contributed by atoms with Gasteiger partial charge in [0.2, 0.25) is 0 Å². The monoisotopic (exact) mass is 199 g/mol. The highest BCUT2D eigenvalue weighted by molar-refractivity contribution is 5.86. The summed E-state index contributed by atoms with van der Waals surface area (Å²) in [6.07, 6.45) is 0. The van der Waals surface area contributed by atoms with Gasteiger partial charge in [-0.25, -0.2) is 0 Å². The molecule has 78 valence electrons. The lowest BCUT2D eigenvalue weighted by molar-refractivity contribution is 0.775. The zero-order chi connectivity index (χ0) is 10.8. The van der Waals surface area contributed by atoms with Crippen LogP contribution < -0.4 is 5.73 Å². The minimum absolute atomic E-state index is 0.439. The Hall–Kier alpha value is -1.34. The lowest BCUT2D eigenvalue weighted by atomic mass is 9.96. The Kier molecular flexibility index (Phi) is 2.74. The van der Waals surface area contributed by atoms with Crippen molar-refractivity contribution in [1.82, 2.24) is 0 Å². The van der Waals surface area contributed by atoms with Gasteiger partial charge in [0.1, 0.15) is 0 Å². The molecule has 0 radical (unpaired) electrons. The van der Waals surface area contributed by atoms with Gasteiger partial charge in [-0.2, -0.15) is 0 Å². The number of hydrogen-bond acceptors (Lipinski definition) is 1. The van der Waals surface area contributed by atoms with Crippen molar-refractivity contribution < 1.29 is 0 Å². The van der Waals surface area contributed by atoms with Crippen LogP contribution in [0.5, 0.6) is 0 Å². The molecule has 2 aromatic rings. The van der Waals surface area contributed by atoms with Gasteiger partial charge in [0, 0.05) is 0 Å². The molecule has 0 heterocycles. The van der Waals surface area contributed by atoms with E-state index in [-0.39, 0.29) is 0 Å². The van der Waals surface area contributed by atoms with E-state index in [2.05, 4.69) is 50.2 Å². The number of rotatable bonds is 2. The molecular weight excluding hydrogens is 182 g/mol. The molecular formula is C14H17N. The van der Waals surface area contributed by atoms with Crippen LogP contribution in [0.1, 0.15) is 24.0 Å². The average molecular weight is 199 g/mol. The Morgan fingerprint density at radius 2 is 2.00 bits per heavy atom. The lowest BCUT2D eigenvalue weighted by Gasteiger charge is -2.11. The fourth-order valence-electron chi connectivity index (χ4n) is 1.89. The Bertz CT molecular complexity index is 474. The molecule has 0 fully saturated rings. The third kappa shape index (κ3) is 1.88. The molecule has 2 N–H and O–H groups in total. The smallest absolute Gasteiger partial charge is 0.00109 e. The second kappa shape index (κ2) is 4.03. The van der Waals surface area contributed by atoms with Crippen LogP contribution >= 0.6 is 0 Å². The first-order chi connectivity index (χ1) is 7.22. The topological polar surface area (TPSA) is 26.0 Å². The quantitative estimate of drug-likeness (QED) is 0.789. The van der Waals surface area contributed by atoms with E-state index in [1.807, 2.05) is 0 Å². The van der Waals surface area contributed by atoms with Crippen LogP contribution in [0.4, 0.5) is 0 Å². The van der Waals surface area contributed by atoms with Crippen molar-refractivity contribution in [1.29, 1.82) is 0 Å².